The summed E-state index contributed by atoms with van der Waals surface area (Å²) in [6, 6.07) is 10.1. The third-order valence-electron chi connectivity index (χ3n) is 4.44. The van der Waals surface area contributed by atoms with E-state index in [4.69, 9.17) is 20.9 Å². The molecule has 0 aliphatic rings. The predicted octanol–water partition coefficient (Wildman–Crippen LogP) is 3.72. The van der Waals surface area contributed by atoms with Crippen LogP contribution in [0, 0.1) is 6.92 Å². The molecular weight excluding hydrogens is 446 g/mol. The number of phenols is 1. The van der Waals surface area contributed by atoms with Crippen molar-refractivity contribution in [2.75, 3.05) is 17.1 Å². The first-order valence-corrected chi connectivity index (χ1v) is 11.0. The minimum absolute atomic E-state index is 0.0255. The number of aromatic hydroxyl groups is 1. The third-order valence-corrected chi connectivity index (χ3v) is 6.10. The molecule has 0 radical (unpaired) electrons. The normalized spacial score (nSPS) is 11.2. The van der Waals surface area contributed by atoms with Crippen molar-refractivity contribution in [3.05, 3.63) is 58.9 Å². The van der Waals surface area contributed by atoms with Crippen LogP contribution < -0.4 is 14.8 Å². The number of ether oxygens (including phenoxy) is 1. The standard InChI is InChI=1S/C20H20ClN3O6S/c1-12-14(20(21)30-23-12)8-10-19(26)22-16-11-13(7-9-17(16)25)31(27,28)24-15-5-3-4-6-18(15)29-2/h3-7,9,11,24-25H,8,10H2,1-2H3,(H,22,26). The maximum atomic E-state index is 12.8. The van der Waals surface area contributed by atoms with Gasteiger partial charge in [0.25, 0.3) is 10.0 Å². The summed E-state index contributed by atoms with van der Waals surface area (Å²) in [5.41, 5.74) is 1.40. The molecule has 1 heterocycles. The molecule has 0 spiro atoms. The number of aromatic nitrogens is 1. The number of sulfonamides is 1. The summed E-state index contributed by atoms with van der Waals surface area (Å²) in [6.07, 6.45) is 0.297. The molecule has 3 rings (SSSR count). The molecule has 11 heteroatoms. The van der Waals surface area contributed by atoms with Crippen molar-refractivity contribution in [1.82, 2.24) is 5.16 Å². The van der Waals surface area contributed by atoms with Gasteiger partial charge in [-0.1, -0.05) is 17.3 Å². The largest absolute Gasteiger partial charge is 0.506 e. The van der Waals surface area contributed by atoms with Gasteiger partial charge in [-0.25, -0.2) is 8.42 Å². The Labute approximate surface area is 184 Å². The van der Waals surface area contributed by atoms with Gasteiger partial charge in [0.05, 0.1) is 29.1 Å². The van der Waals surface area contributed by atoms with Gasteiger partial charge in [0, 0.05) is 12.0 Å². The number of rotatable bonds is 8. The zero-order valence-electron chi connectivity index (χ0n) is 16.7. The summed E-state index contributed by atoms with van der Waals surface area (Å²) >= 11 is 5.89. The first-order chi connectivity index (χ1) is 14.7. The van der Waals surface area contributed by atoms with Crippen molar-refractivity contribution in [3.8, 4) is 11.5 Å². The van der Waals surface area contributed by atoms with E-state index in [1.54, 1.807) is 31.2 Å². The molecule has 1 aromatic heterocycles. The van der Waals surface area contributed by atoms with Crippen LogP contribution in [0.3, 0.4) is 0 Å². The van der Waals surface area contributed by atoms with Crippen LogP contribution in [0.5, 0.6) is 11.5 Å². The van der Waals surface area contributed by atoms with Crippen LogP contribution >= 0.6 is 11.6 Å². The van der Waals surface area contributed by atoms with Gasteiger partial charge in [0.2, 0.25) is 11.1 Å². The van der Waals surface area contributed by atoms with Gasteiger partial charge in [-0.15, -0.1) is 0 Å². The smallest absolute Gasteiger partial charge is 0.262 e. The molecule has 0 fully saturated rings. The fraction of sp³-hybridized carbons (Fsp3) is 0.200. The van der Waals surface area contributed by atoms with Gasteiger partial charge in [0.15, 0.2) is 0 Å². The van der Waals surface area contributed by atoms with E-state index >= 15 is 0 Å². The number of amides is 1. The Balaban J connectivity index is 1.75. The lowest BCUT2D eigenvalue weighted by Crippen LogP contribution is -2.16. The fourth-order valence-electron chi connectivity index (χ4n) is 2.81. The first-order valence-electron chi connectivity index (χ1n) is 9.10. The zero-order chi connectivity index (χ0) is 22.6. The van der Waals surface area contributed by atoms with Crippen molar-refractivity contribution in [2.45, 2.75) is 24.7 Å². The van der Waals surface area contributed by atoms with Crippen LogP contribution in [0.2, 0.25) is 5.22 Å². The highest BCUT2D eigenvalue weighted by Gasteiger charge is 2.19. The number of methoxy groups -OCH3 is 1. The summed E-state index contributed by atoms with van der Waals surface area (Å²) in [6.45, 7) is 1.71. The molecule has 0 aliphatic carbocycles. The van der Waals surface area contributed by atoms with Gasteiger partial charge in [-0.2, -0.15) is 0 Å². The van der Waals surface area contributed by atoms with E-state index in [9.17, 15) is 18.3 Å². The molecule has 1 amide bonds. The van der Waals surface area contributed by atoms with E-state index < -0.39 is 15.9 Å². The van der Waals surface area contributed by atoms with Crippen LogP contribution in [0.1, 0.15) is 17.7 Å². The number of para-hydroxylation sites is 2. The highest BCUT2D eigenvalue weighted by molar-refractivity contribution is 7.92. The quantitative estimate of drug-likeness (QED) is 0.432. The van der Waals surface area contributed by atoms with Gasteiger partial charge < -0.3 is 19.7 Å². The van der Waals surface area contributed by atoms with Crippen LogP contribution in [-0.2, 0) is 21.2 Å². The average Bonchev–Trinajstić information content (AvgIpc) is 3.05. The lowest BCUT2D eigenvalue weighted by molar-refractivity contribution is -0.116. The minimum Gasteiger partial charge on any atom is -0.506 e. The van der Waals surface area contributed by atoms with E-state index in [0.29, 0.717) is 17.0 Å². The predicted molar refractivity (Wildman–Crippen MR) is 115 cm³/mol. The SMILES string of the molecule is COc1ccccc1NS(=O)(=O)c1ccc(O)c(NC(=O)CCc2c(C)noc2Cl)c1. The summed E-state index contributed by atoms with van der Waals surface area (Å²) in [7, 11) is -2.58. The van der Waals surface area contributed by atoms with Crippen LogP contribution in [0.15, 0.2) is 51.9 Å². The van der Waals surface area contributed by atoms with E-state index in [-0.39, 0.29) is 40.1 Å². The Morgan fingerprint density at radius 3 is 2.65 bits per heavy atom. The Morgan fingerprint density at radius 2 is 1.97 bits per heavy atom. The molecule has 0 saturated carbocycles. The molecule has 31 heavy (non-hydrogen) atoms. The summed E-state index contributed by atoms with van der Waals surface area (Å²) in [5.74, 6) is -0.371. The van der Waals surface area contributed by atoms with Crippen molar-refractivity contribution in [2.24, 2.45) is 0 Å². The van der Waals surface area contributed by atoms with E-state index in [1.165, 1.54) is 25.3 Å². The highest BCUT2D eigenvalue weighted by Crippen LogP contribution is 2.30. The van der Waals surface area contributed by atoms with Crippen molar-refractivity contribution >= 4 is 38.9 Å². The number of nitrogens with one attached hydrogen (secondary N) is 2. The third kappa shape index (κ3) is 5.28. The number of benzene rings is 2. The molecule has 0 aliphatic heterocycles. The molecule has 0 bridgehead atoms. The highest BCUT2D eigenvalue weighted by atomic mass is 35.5. The van der Waals surface area contributed by atoms with Crippen molar-refractivity contribution < 1.29 is 27.6 Å². The lowest BCUT2D eigenvalue weighted by Gasteiger charge is -2.13. The van der Waals surface area contributed by atoms with Gasteiger partial charge in [0.1, 0.15) is 11.5 Å². The topological polar surface area (TPSA) is 131 Å². The minimum atomic E-state index is -4.01. The lowest BCUT2D eigenvalue weighted by atomic mass is 10.1. The maximum Gasteiger partial charge on any atom is 0.262 e. The Hall–Kier alpha value is -3.24. The molecule has 164 valence electrons. The number of carbonyl (C=O) groups excluding carboxylic acids is 1. The van der Waals surface area contributed by atoms with E-state index in [2.05, 4.69) is 15.2 Å². The Bertz CT molecular complexity index is 1190. The van der Waals surface area contributed by atoms with Crippen molar-refractivity contribution in [1.29, 1.82) is 0 Å². The number of nitrogens with zero attached hydrogens (tertiary/aromatic N) is 1. The van der Waals surface area contributed by atoms with E-state index in [1.807, 2.05) is 0 Å². The number of anilines is 2. The van der Waals surface area contributed by atoms with Crippen LogP contribution in [0.4, 0.5) is 11.4 Å². The maximum absolute atomic E-state index is 12.8. The fourth-order valence-corrected chi connectivity index (χ4v) is 4.17. The van der Waals surface area contributed by atoms with Gasteiger partial charge >= 0.3 is 0 Å². The second kappa shape index (κ2) is 9.27. The number of halogens is 1. The molecular formula is C20H20ClN3O6S. The zero-order valence-corrected chi connectivity index (χ0v) is 18.2. The van der Waals surface area contributed by atoms with Crippen molar-refractivity contribution in [3.63, 3.8) is 0 Å². The molecule has 0 atom stereocenters. The molecule has 0 unspecified atom stereocenters. The first kappa shape index (κ1) is 22.4. The second-order valence-corrected chi connectivity index (χ2v) is 8.58. The summed E-state index contributed by atoms with van der Waals surface area (Å²) in [5, 5.41) is 16.4. The second-order valence-electron chi connectivity index (χ2n) is 6.55. The number of hydrogen-bond donors (Lipinski definition) is 3. The average molecular weight is 466 g/mol. The molecule has 0 saturated heterocycles. The molecule has 9 nitrogen and oxygen atoms in total. The Morgan fingerprint density at radius 1 is 1.23 bits per heavy atom. The Kier molecular flexibility index (Phi) is 6.71. The summed E-state index contributed by atoms with van der Waals surface area (Å²) in [4.78, 5) is 12.2. The van der Waals surface area contributed by atoms with Gasteiger partial charge in [-0.05, 0) is 55.3 Å². The number of phenolic OH excluding ortho intramolecular Hbond substituents is 1. The van der Waals surface area contributed by atoms with Crippen LogP contribution in [-0.4, -0.2) is 31.7 Å². The number of carbonyl (C=O) groups is 1. The molecule has 2 aromatic carbocycles. The number of aryl methyl sites for hydroxylation is 1. The number of hydrogen-bond acceptors (Lipinski definition) is 7. The summed E-state index contributed by atoms with van der Waals surface area (Å²) < 4.78 is 38.0. The molecule has 3 aromatic rings. The van der Waals surface area contributed by atoms with E-state index in [0.717, 1.165) is 0 Å². The van der Waals surface area contributed by atoms with Gasteiger partial charge in [-0.3, -0.25) is 9.52 Å². The monoisotopic (exact) mass is 465 g/mol. The molecule has 3 N–H and O–H groups in total. The van der Waals surface area contributed by atoms with Crippen LogP contribution in [0.25, 0.3) is 0 Å².